The third-order valence-corrected chi connectivity index (χ3v) is 6.49. The maximum absolute atomic E-state index is 12.4. The minimum absolute atomic E-state index is 0.0578. The number of aromatic hydroxyl groups is 1. The summed E-state index contributed by atoms with van der Waals surface area (Å²) in [4.78, 5) is 12.4. The molecular weight excluding hydrogens is 470 g/mol. The molecule has 36 heavy (non-hydrogen) atoms. The number of carbonyl (C=O) groups is 1. The van der Waals surface area contributed by atoms with E-state index in [1.54, 1.807) is 24.3 Å². The Bertz CT molecular complexity index is 1350. The molecule has 7 nitrogen and oxygen atoms in total. The molecule has 0 spiro atoms. The van der Waals surface area contributed by atoms with Gasteiger partial charge >= 0.3 is 0 Å². The largest absolute Gasteiger partial charge is 0.508 e. The lowest BCUT2D eigenvalue weighted by molar-refractivity contribution is -0.118. The fourth-order valence-electron chi connectivity index (χ4n) is 3.50. The SMILES string of the molecule is Cc1ccc(-n2c(SCC(=O)N/N=C/c3ccc(O)cc3)nnc2-c2ccc(C(C)(C)C)cc2)cc1. The summed E-state index contributed by atoms with van der Waals surface area (Å²) in [6, 6.07) is 23.0. The number of aromatic nitrogens is 3. The number of benzene rings is 3. The van der Waals surface area contributed by atoms with Gasteiger partial charge in [-0.2, -0.15) is 5.10 Å². The minimum atomic E-state index is -0.260. The van der Waals surface area contributed by atoms with Gasteiger partial charge in [0.1, 0.15) is 5.75 Å². The third-order valence-electron chi connectivity index (χ3n) is 5.56. The highest BCUT2D eigenvalue weighted by atomic mass is 32.2. The summed E-state index contributed by atoms with van der Waals surface area (Å²) >= 11 is 1.30. The average Bonchev–Trinajstić information content (AvgIpc) is 3.28. The van der Waals surface area contributed by atoms with Crippen LogP contribution in [0.25, 0.3) is 17.1 Å². The number of nitrogens with one attached hydrogen (secondary N) is 1. The maximum atomic E-state index is 12.4. The Labute approximate surface area is 215 Å². The van der Waals surface area contributed by atoms with E-state index in [0.29, 0.717) is 11.0 Å². The first-order valence-corrected chi connectivity index (χ1v) is 12.6. The zero-order valence-electron chi connectivity index (χ0n) is 20.8. The molecule has 0 aliphatic rings. The van der Waals surface area contributed by atoms with Gasteiger partial charge in [0.2, 0.25) is 0 Å². The van der Waals surface area contributed by atoms with Crippen molar-refractivity contribution < 1.29 is 9.90 Å². The first-order valence-electron chi connectivity index (χ1n) is 11.6. The molecule has 0 unspecified atom stereocenters. The second kappa shape index (κ2) is 10.8. The number of hydrogen-bond acceptors (Lipinski definition) is 6. The standard InChI is InChI=1S/C28H29N5O2S/c1-19-5-13-23(14-6-19)33-26(21-9-11-22(12-10-21)28(2,3)4)31-32-27(33)36-18-25(35)30-29-17-20-7-15-24(34)16-8-20/h5-17,34H,18H2,1-4H3,(H,30,35)/b29-17+. The van der Waals surface area contributed by atoms with Crippen molar-refractivity contribution in [3.05, 3.63) is 89.5 Å². The van der Waals surface area contributed by atoms with E-state index >= 15 is 0 Å². The molecule has 4 aromatic rings. The fourth-order valence-corrected chi connectivity index (χ4v) is 4.24. The third kappa shape index (κ3) is 6.20. The van der Waals surface area contributed by atoms with Crippen LogP contribution in [-0.2, 0) is 10.2 Å². The predicted molar refractivity (Wildman–Crippen MR) is 145 cm³/mol. The minimum Gasteiger partial charge on any atom is -0.508 e. The number of phenols is 1. The maximum Gasteiger partial charge on any atom is 0.250 e. The second-order valence-corrected chi connectivity index (χ2v) is 10.4. The van der Waals surface area contributed by atoms with E-state index in [2.05, 4.69) is 65.8 Å². The molecule has 184 valence electrons. The topological polar surface area (TPSA) is 92.4 Å². The molecule has 8 heteroatoms. The quantitative estimate of drug-likeness (QED) is 0.199. The van der Waals surface area contributed by atoms with Crippen LogP contribution in [0, 0.1) is 6.92 Å². The molecule has 0 saturated carbocycles. The number of hydrazone groups is 1. The van der Waals surface area contributed by atoms with E-state index < -0.39 is 0 Å². The number of phenolic OH excluding ortho intramolecular Hbond substituents is 1. The average molecular weight is 500 g/mol. The van der Waals surface area contributed by atoms with Gasteiger partial charge in [0.05, 0.1) is 12.0 Å². The molecule has 1 amide bonds. The Morgan fingerprint density at radius 2 is 1.67 bits per heavy atom. The Kier molecular flexibility index (Phi) is 7.55. The zero-order valence-corrected chi connectivity index (χ0v) is 21.6. The Morgan fingerprint density at radius 1 is 1.00 bits per heavy atom. The number of aryl methyl sites for hydroxylation is 1. The molecular formula is C28H29N5O2S. The van der Waals surface area contributed by atoms with Crippen molar-refractivity contribution in [1.82, 2.24) is 20.2 Å². The Hall–Kier alpha value is -3.91. The Morgan fingerprint density at radius 3 is 2.31 bits per heavy atom. The summed E-state index contributed by atoms with van der Waals surface area (Å²) in [5.41, 5.74) is 7.63. The van der Waals surface area contributed by atoms with E-state index in [9.17, 15) is 9.90 Å². The first kappa shape index (κ1) is 25.2. The summed E-state index contributed by atoms with van der Waals surface area (Å²) in [6.45, 7) is 8.60. The predicted octanol–water partition coefficient (Wildman–Crippen LogP) is 5.49. The number of hydrogen-bond donors (Lipinski definition) is 2. The second-order valence-electron chi connectivity index (χ2n) is 9.48. The zero-order chi connectivity index (χ0) is 25.7. The van der Waals surface area contributed by atoms with Crippen LogP contribution in [0.15, 0.2) is 83.1 Å². The van der Waals surface area contributed by atoms with Crippen LogP contribution >= 0.6 is 11.8 Å². The van der Waals surface area contributed by atoms with Crippen molar-refractivity contribution in [2.45, 2.75) is 38.3 Å². The lowest BCUT2D eigenvalue weighted by atomic mass is 9.87. The van der Waals surface area contributed by atoms with Gasteiger partial charge in [-0.3, -0.25) is 9.36 Å². The lowest BCUT2D eigenvalue weighted by Crippen LogP contribution is -2.20. The summed E-state index contributed by atoms with van der Waals surface area (Å²) < 4.78 is 1.98. The fraction of sp³-hybridized carbons (Fsp3) is 0.214. The first-order chi connectivity index (χ1) is 17.2. The van der Waals surface area contributed by atoms with Crippen LogP contribution < -0.4 is 5.43 Å². The van der Waals surface area contributed by atoms with E-state index in [1.165, 1.54) is 23.5 Å². The van der Waals surface area contributed by atoms with Gasteiger partial charge in [-0.05, 0) is 59.9 Å². The van der Waals surface area contributed by atoms with Crippen LogP contribution in [-0.4, -0.2) is 37.7 Å². The smallest absolute Gasteiger partial charge is 0.250 e. The van der Waals surface area contributed by atoms with Crippen LogP contribution in [0.5, 0.6) is 5.75 Å². The van der Waals surface area contributed by atoms with E-state index in [1.807, 2.05) is 35.8 Å². The van der Waals surface area contributed by atoms with Crippen molar-refractivity contribution in [3.8, 4) is 22.8 Å². The number of nitrogens with zero attached hydrogens (tertiary/aromatic N) is 4. The van der Waals surface area contributed by atoms with Crippen LogP contribution in [0.3, 0.4) is 0 Å². The molecule has 0 bridgehead atoms. The molecule has 0 radical (unpaired) electrons. The van der Waals surface area contributed by atoms with Crippen LogP contribution in [0.2, 0.25) is 0 Å². The highest BCUT2D eigenvalue weighted by Crippen LogP contribution is 2.30. The van der Waals surface area contributed by atoms with Gasteiger partial charge < -0.3 is 5.11 Å². The molecule has 1 heterocycles. The van der Waals surface area contributed by atoms with Crippen molar-refractivity contribution in [1.29, 1.82) is 0 Å². The number of carbonyl (C=O) groups excluding carboxylic acids is 1. The monoisotopic (exact) mass is 499 g/mol. The lowest BCUT2D eigenvalue weighted by Gasteiger charge is -2.19. The molecule has 0 fully saturated rings. The van der Waals surface area contributed by atoms with E-state index in [0.717, 1.165) is 22.4 Å². The van der Waals surface area contributed by atoms with Gasteiger partial charge in [-0.1, -0.05) is 74.5 Å². The van der Waals surface area contributed by atoms with E-state index in [4.69, 9.17) is 0 Å². The number of amides is 1. The van der Waals surface area contributed by atoms with Crippen molar-refractivity contribution in [3.63, 3.8) is 0 Å². The number of thioether (sulfide) groups is 1. The normalized spacial score (nSPS) is 11.7. The van der Waals surface area contributed by atoms with Gasteiger partial charge in [-0.15, -0.1) is 10.2 Å². The van der Waals surface area contributed by atoms with Gasteiger partial charge in [0, 0.05) is 11.3 Å². The highest BCUT2D eigenvalue weighted by Gasteiger charge is 2.19. The summed E-state index contributed by atoms with van der Waals surface area (Å²) in [5, 5.41) is 22.8. The molecule has 1 aromatic heterocycles. The molecule has 2 N–H and O–H groups in total. The summed E-state index contributed by atoms with van der Waals surface area (Å²) in [6.07, 6.45) is 1.52. The summed E-state index contributed by atoms with van der Waals surface area (Å²) in [7, 11) is 0. The Balaban J connectivity index is 1.53. The van der Waals surface area contributed by atoms with Crippen LogP contribution in [0.4, 0.5) is 0 Å². The molecule has 0 atom stereocenters. The van der Waals surface area contributed by atoms with Crippen molar-refractivity contribution in [2.24, 2.45) is 5.10 Å². The molecule has 4 rings (SSSR count). The molecule has 3 aromatic carbocycles. The highest BCUT2D eigenvalue weighted by molar-refractivity contribution is 7.99. The van der Waals surface area contributed by atoms with Gasteiger partial charge in [-0.25, -0.2) is 5.43 Å². The van der Waals surface area contributed by atoms with Crippen LogP contribution in [0.1, 0.15) is 37.5 Å². The van der Waals surface area contributed by atoms with Crippen molar-refractivity contribution >= 4 is 23.9 Å². The van der Waals surface area contributed by atoms with Crippen molar-refractivity contribution in [2.75, 3.05) is 5.75 Å². The van der Waals surface area contributed by atoms with E-state index in [-0.39, 0.29) is 22.8 Å². The van der Waals surface area contributed by atoms with Gasteiger partial charge in [0.25, 0.3) is 5.91 Å². The molecule has 0 aliphatic carbocycles. The summed E-state index contributed by atoms with van der Waals surface area (Å²) in [5.74, 6) is 0.756. The number of rotatable bonds is 7. The molecule has 0 saturated heterocycles. The molecule has 0 aliphatic heterocycles. The van der Waals surface area contributed by atoms with Gasteiger partial charge in [0.15, 0.2) is 11.0 Å².